The molecule has 2 aliphatic rings. The highest BCUT2D eigenvalue weighted by molar-refractivity contribution is 5.94. The molecule has 0 fully saturated rings. The Morgan fingerprint density at radius 3 is 2.80 bits per heavy atom. The van der Waals surface area contributed by atoms with E-state index in [1.54, 1.807) is 0 Å². The molecule has 0 aromatic carbocycles. The van der Waals surface area contributed by atoms with Gasteiger partial charge in [-0.05, 0) is 38.5 Å². The minimum absolute atomic E-state index is 0.169. The van der Waals surface area contributed by atoms with E-state index in [4.69, 9.17) is 5.73 Å². The number of nitrogens with one attached hydrogen (secondary N) is 1. The monoisotopic (exact) mass is 341 g/mol. The van der Waals surface area contributed by atoms with Crippen molar-refractivity contribution in [2.75, 3.05) is 5.73 Å². The SMILES string of the molecule is Nc1nc2c(c(C(=O)NCc3nnc4n3CCCCC4)n1)CCCC2. The van der Waals surface area contributed by atoms with Gasteiger partial charge in [0.1, 0.15) is 11.5 Å². The molecule has 8 heteroatoms. The van der Waals surface area contributed by atoms with Crippen LogP contribution in [0.2, 0.25) is 0 Å². The van der Waals surface area contributed by atoms with E-state index in [-0.39, 0.29) is 11.9 Å². The number of hydrogen-bond acceptors (Lipinski definition) is 6. The summed E-state index contributed by atoms with van der Waals surface area (Å²) in [7, 11) is 0. The van der Waals surface area contributed by atoms with Crippen LogP contribution in [-0.4, -0.2) is 30.6 Å². The molecule has 0 saturated heterocycles. The molecule has 0 saturated carbocycles. The molecule has 0 atom stereocenters. The molecule has 1 aliphatic heterocycles. The lowest BCUT2D eigenvalue weighted by Crippen LogP contribution is -2.28. The Morgan fingerprint density at radius 1 is 1.04 bits per heavy atom. The quantitative estimate of drug-likeness (QED) is 0.867. The summed E-state index contributed by atoms with van der Waals surface area (Å²) in [5.41, 5.74) is 8.07. The molecule has 2 aromatic rings. The molecule has 3 heterocycles. The van der Waals surface area contributed by atoms with Gasteiger partial charge >= 0.3 is 0 Å². The highest BCUT2D eigenvalue weighted by Crippen LogP contribution is 2.23. The number of fused-ring (bicyclic) bond motifs is 2. The second-order valence-electron chi connectivity index (χ2n) is 6.74. The lowest BCUT2D eigenvalue weighted by Gasteiger charge is -2.17. The van der Waals surface area contributed by atoms with Crippen molar-refractivity contribution in [1.82, 2.24) is 30.0 Å². The summed E-state index contributed by atoms with van der Waals surface area (Å²) in [6, 6.07) is 0. The largest absolute Gasteiger partial charge is 0.368 e. The van der Waals surface area contributed by atoms with Gasteiger partial charge in [0.25, 0.3) is 5.91 Å². The van der Waals surface area contributed by atoms with Gasteiger partial charge in [-0.3, -0.25) is 4.79 Å². The zero-order valence-corrected chi connectivity index (χ0v) is 14.3. The predicted octanol–water partition coefficient (Wildman–Crippen LogP) is 1.19. The normalized spacial score (nSPS) is 16.6. The molecule has 1 amide bonds. The molecule has 25 heavy (non-hydrogen) atoms. The van der Waals surface area contributed by atoms with Crippen LogP contribution in [0.4, 0.5) is 5.95 Å². The van der Waals surface area contributed by atoms with Gasteiger partial charge in [-0.15, -0.1) is 10.2 Å². The highest BCUT2D eigenvalue weighted by Gasteiger charge is 2.22. The smallest absolute Gasteiger partial charge is 0.270 e. The third kappa shape index (κ3) is 3.20. The summed E-state index contributed by atoms with van der Waals surface area (Å²) in [5.74, 6) is 1.78. The van der Waals surface area contributed by atoms with E-state index in [9.17, 15) is 4.79 Å². The van der Waals surface area contributed by atoms with Crippen molar-refractivity contribution < 1.29 is 4.79 Å². The van der Waals surface area contributed by atoms with Crippen LogP contribution in [0, 0.1) is 0 Å². The van der Waals surface area contributed by atoms with Crippen LogP contribution in [0.5, 0.6) is 0 Å². The molecule has 0 radical (unpaired) electrons. The minimum atomic E-state index is -0.210. The topological polar surface area (TPSA) is 112 Å². The molecule has 3 N–H and O–H groups in total. The van der Waals surface area contributed by atoms with Crippen molar-refractivity contribution in [3.63, 3.8) is 0 Å². The lowest BCUT2D eigenvalue weighted by atomic mass is 9.94. The Morgan fingerprint density at radius 2 is 1.88 bits per heavy atom. The van der Waals surface area contributed by atoms with Gasteiger partial charge < -0.3 is 15.6 Å². The van der Waals surface area contributed by atoms with Crippen molar-refractivity contribution in [3.05, 3.63) is 28.6 Å². The van der Waals surface area contributed by atoms with Crippen LogP contribution < -0.4 is 11.1 Å². The number of amides is 1. The van der Waals surface area contributed by atoms with Crippen LogP contribution in [0.15, 0.2) is 0 Å². The second-order valence-corrected chi connectivity index (χ2v) is 6.74. The number of carbonyl (C=O) groups is 1. The number of nitrogen functional groups attached to an aromatic ring is 1. The molecule has 0 bridgehead atoms. The van der Waals surface area contributed by atoms with Gasteiger partial charge in [0.05, 0.1) is 6.54 Å². The Kier molecular flexibility index (Phi) is 4.33. The first-order valence-electron chi connectivity index (χ1n) is 9.07. The number of rotatable bonds is 3. The van der Waals surface area contributed by atoms with Crippen LogP contribution in [0.25, 0.3) is 0 Å². The molecule has 0 unspecified atom stereocenters. The fraction of sp³-hybridized carbons (Fsp3) is 0.588. The van der Waals surface area contributed by atoms with Crippen LogP contribution >= 0.6 is 0 Å². The van der Waals surface area contributed by atoms with Crippen molar-refractivity contribution in [1.29, 1.82) is 0 Å². The minimum Gasteiger partial charge on any atom is -0.368 e. The molecule has 8 nitrogen and oxygen atoms in total. The van der Waals surface area contributed by atoms with Crippen LogP contribution in [0.1, 0.15) is 65.5 Å². The Hall–Kier alpha value is -2.51. The number of anilines is 1. The Labute approximate surface area is 146 Å². The summed E-state index contributed by atoms with van der Waals surface area (Å²) in [5, 5.41) is 11.5. The fourth-order valence-electron chi connectivity index (χ4n) is 3.72. The Balaban J connectivity index is 1.52. The maximum Gasteiger partial charge on any atom is 0.270 e. The summed E-state index contributed by atoms with van der Waals surface area (Å²) in [6.45, 7) is 1.27. The lowest BCUT2D eigenvalue weighted by molar-refractivity contribution is 0.0943. The summed E-state index contributed by atoms with van der Waals surface area (Å²) >= 11 is 0. The molecule has 0 spiro atoms. The van der Waals surface area contributed by atoms with Crippen molar-refractivity contribution in [2.24, 2.45) is 0 Å². The van der Waals surface area contributed by atoms with Crippen molar-refractivity contribution in [3.8, 4) is 0 Å². The zero-order valence-electron chi connectivity index (χ0n) is 14.3. The summed E-state index contributed by atoms with van der Waals surface area (Å²) in [6.07, 6.45) is 8.27. The second kappa shape index (κ2) is 6.78. The van der Waals surface area contributed by atoms with Gasteiger partial charge in [0, 0.05) is 24.2 Å². The maximum absolute atomic E-state index is 12.7. The van der Waals surface area contributed by atoms with Gasteiger partial charge in [0.2, 0.25) is 5.95 Å². The number of nitrogens with two attached hydrogens (primary N) is 1. The van der Waals surface area contributed by atoms with E-state index >= 15 is 0 Å². The number of aryl methyl sites for hydroxylation is 2. The van der Waals surface area contributed by atoms with E-state index in [1.165, 1.54) is 6.42 Å². The van der Waals surface area contributed by atoms with Gasteiger partial charge in [-0.2, -0.15) is 0 Å². The number of hydrogen-bond donors (Lipinski definition) is 2. The first-order valence-corrected chi connectivity index (χ1v) is 9.07. The maximum atomic E-state index is 12.7. The summed E-state index contributed by atoms with van der Waals surface area (Å²) in [4.78, 5) is 21.2. The van der Waals surface area contributed by atoms with Gasteiger partial charge in [0.15, 0.2) is 5.82 Å². The Bertz CT molecular complexity index is 799. The van der Waals surface area contributed by atoms with E-state index in [0.717, 1.165) is 74.4 Å². The predicted molar refractivity (Wildman–Crippen MR) is 91.8 cm³/mol. The molecule has 2 aromatic heterocycles. The van der Waals surface area contributed by atoms with E-state index in [1.807, 2.05) is 0 Å². The van der Waals surface area contributed by atoms with Gasteiger partial charge in [-0.1, -0.05) is 6.42 Å². The average Bonchev–Trinajstić information content (AvgIpc) is 2.85. The van der Waals surface area contributed by atoms with Crippen LogP contribution in [-0.2, 0) is 32.4 Å². The third-order valence-corrected chi connectivity index (χ3v) is 5.01. The molecule has 132 valence electrons. The van der Waals surface area contributed by atoms with E-state index < -0.39 is 0 Å². The number of carbonyl (C=O) groups excluding carboxylic acids is 1. The highest BCUT2D eigenvalue weighted by atomic mass is 16.1. The molecule has 4 rings (SSSR count). The fourth-order valence-corrected chi connectivity index (χ4v) is 3.72. The van der Waals surface area contributed by atoms with E-state index in [0.29, 0.717) is 12.2 Å². The zero-order chi connectivity index (χ0) is 17.2. The average molecular weight is 341 g/mol. The van der Waals surface area contributed by atoms with E-state index in [2.05, 4.69) is 30.0 Å². The number of aromatic nitrogens is 5. The molecular weight excluding hydrogens is 318 g/mol. The molecular formula is C17H23N7O. The van der Waals surface area contributed by atoms with Crippen molar-refractivity contribution in [2.45, 2.75) is 64.5 Å². The van der Waals surface area contributed by atoms with Crippen molar-refractivity contribution >= 4 is 11.9 Å². The first-order chi connectivity index (χ1) is 12.2. The van der Waals surface area contributed by atoms with Gasteiger partial charge in [-0.25, -0.2) is 9.97 Å². The third-order valence-electron chi connectivity index (χ3n) is 5.01. The standard InChI is InChI=1S/C17H23N7O/c18-17-20-12-7-4-3-6-11(12)15(21-17)16(25)19-10-14-23-22-13-8-2-1-5-9-24(13)14/h1-10H2,(H,19,25)(H2,18,20,21). The molecule has 1 aliphatic carbocycles. The van der Waals surface area contributed by atoms with Crippen LogP contribution in [0.3, 0.4) is 0 Å². The first kappa shape index (κ1) is 16.0. The summed E-state index contributed by atoms with van der Waals surface area (Å²) < 4.78 is 2.14. The number of nitrogens with zero attached hydrogens (tertiary/aromatic N) is 5.